The van der Waals surface area contributed by atoms with E-state index in [1.165, 1.54) is 11.3 Å². The number of thiophene rings is 2. The Labute approximate surface area is 163 Å². The molecule has 0 spiro atoms. The standard InChI is InChI=1S/C17H19N5O3S2/c1-7-5-9(13(18)23)16(26-7)21-15(25)12-8(2)11-14(24)19-10(6-22(3)4)20-17(11)27-12/h5H,6H2,1-4H3,(H2,18,23)(H,21,25)(H,19,20,24). The molecule has 2 amide bonds. The molecule has 0 bridgehead atoms. The number of carbonyl (C=O) groups is 2. The van der Waals surface area contributed by atoms with E-state index in [2.05, 4.69) is 15.3 Å². The fourth-order valence-electron chi connectivity index (χ4n) is 2.73. The van der Waals surface area contributed by atoms with Gasteiger partial charge in [-0.3, -0.25) is 14.4 Å². The number of aromatic amines is 1. The summed E-state index contributed by atoms with van der Waals surface area (Å²) in [6.07, 6.45) is 0. The number of anilines is 1. The molecule has 0 fully saturated rings. The van der Waals surface area contributed by atoms with Crippen molar-refractivity contribution in [3.05, 3.63) is 43.1 Å². The van der Waals surface area contributed by atoms with Gasteiger partial charge in [0.15, 0.2) is 0 Å². The number of aryl methyl sites for hydroxylation is 2. The summed E-state index contributed by atoms with van der Waals surface area (Å²) in [7, 11) is 3.75. The maximum Gasteiger partial charge on any atom is 0.266 e. The van der Waals surface area contributed by atoms with E-state index in [9.17, 15) is 14.4 Å². The first-order valence-electron chi connectivity index (χ1n) is 8.06. The maximum atomic E-state index is 12.8. The smallest absolute Gasteiger partial charge is 0.266 e. The van der Waals surface area contributed by atoms with Crippen LogP contribution in [0.2, 0.25) is 0 Å². The van der Waals surface area contributed by atoms with Crippen LogP contribution in [0.15, 0.2) is 10.9 Å². The highest BCUT2D eigenvalue weighted by molar-refractivity contribution is 7.21. The monoisotopic (exact) mass is 405 g/mol. The van der Waals surface area contributed by atoms with Gasteiger partial charge in [-0.2, -0.15) is 0 Å². The third-order valence-electron chi connectivity index (χ3n) is 3.87. The Morgan fingerprint density at radius 3 is 2.63 bits per heavy atom. The molecule has 8 nitrogen and oxygen atoms in total. The van der Waals surface area contributed by atoms with E-state index in [4.69, 9.17) is 5.73 Å². The Morgan fingerprint density at radius 1 is 1.30 bits per heavy atom. The van der Waals surface area contributed by atoms with Crippen LogP contribution in [0.5, 0.6) is 0 Å². The fraction of sp³-hybridized carbons (Fsp3) is 0.294. The van der Waals surface area contributed by atoms with Gasteiger partial charge in [0, 0.05) is 4.88 Å². The molecule has 142 valence electrons. The minimum Gasteiger partial charge on any atom is -0.366 e. The van der Waals surface area contributed by atoms with Crippen LogP contribution < -0.4 is 16.6 Å². The molecule has 3 rings (SSSR count). The largest absolute Gasteiger partial charge is 0.366 e. The van der Waals surface area contributed by atoms with Gasteiger partial charge >= 0.3 is 0 Å². The SMILES string of the molecule is Cc1cc(C(N)=O)c(NC(=O)c2sc3nc(CN(C)C)[nH]c(=O)c3c2C)s1. The lowest BCUT2D eigenvalue weighted by Gasteiger charge is -2.07. The first kappa shape index (κ1) is 19.2. The lowest BCUT2D eigenvalue weighted by molar-refractivity contribution is 0.100. The van der Waals surface area contributed by atoms with Crippen molar-refractivity contribution in [3.63, 3.8) is 0 Å². The van der Waals surface area contributed by atoms with Crippen LogP contribution in [0.25, 0.3) is 10.2 Å². The summed E-state index contributed by atoms with van der Waals surface area (Å²) >= 11 is 2.43. The number of hydrogen-bond acceptors (Lipinski definition) is 7. The number of carbonyl (C=O) groups excluding carboxylic acids is 2. The maximum absolute atomic E-state index is 12.8. The molecule has 0 aliphatic heterocycles. The van der Waals surface area contributed by atoms with Crippen molar-refractivity contribution in [2.24, 2.45) is 5.73 Å². The molecular formula is C17H19N5O3S2. The van der Waals surface area contributed by atoms with E-state index in [1.54, 1.807) is 13.0 Å². The van der Waals surface area contributed by atoms with Gasteiger partial charge in [-0.25, -0.2) is 4.98 Å². The lowest BCUT2D eigenvalue weighted by Crippen LogP contribution is -2.18. The van der Waals surface area contributed by atoms with Crippen molar-refractivity contribution >= 4 is 49.7 Å². The number of rotatable bonds is 5. The highest BCUT2D eigenvalue weighted by atomic mass is 32.1. The normalized spacial score (nSPS) is 11.3. The Bertz CT molecular complexity index is 1110. The van der Waals surface area contributed by atoms with Gasteiger partial charge in [-0.15, -0.1) is 22.7 Å². The second kappa shape index (κ2) is 7.22. The van der Waals surface area contributed by atoms with Gasteiger partial charge in [-0.1, -0.05) is 0 Å². The molecule has 3 aromatic heterocycles. The third-order valence-corrected chi connectivity index (χ3v) is 6.02. The summed E-state index contributed by atoms with van der Waals surface area (Å²) in [6, 6.07) is 1.64. The second-order valence-electron chi connectivity index (χ2n) is 6.40. The Balaban J connectivity index is 2.00. The zero-order valence-electron chi connectivity index (χ0n) is 15.3. The Kier molecular flexibility index (Phi) is 5.13. The average molecular weight is 406 g/mol. The first-order valence-corrected chi connectivity index (χ1v) is 9.69. The predicted molar refractivity (Wildman–Crippen MR) is 108 cm³/mol. The topological polar surface area (TPSA) is 121 Å². The number of nitrogens with two attached hydrogens (primary N) is 1. The molecule has 0 aromatic carbocycles. The van der Waals surface area contributed by atoms with Gasteiger partial charge in [0.1, 0.15) is 15.7 Å². The molecule has 0 unspecified atom stereocenters. The molecule has 0 aliphatic carbocycles. The van der Waals surface area contributed by atoms with Gasteiger partial charge in [0.2, 0.25) is 0 Å². The van der Waals surface area contributed by atoms with Crippen molar-refractivity contribution in [3.8, 4) is 0 Å². The second-order valence-corrected chi connectivity index (χ2v) is 8.66. The Hall–Kier alpha value is -2.56. The molecule has 10 heteroatoms. The van der Waals surface area contributed by atoms with Crippen LogP contribution in [0.4, 0.5) is 5.00 Å². The number of aromatic nitrogens is 2. The number of H-pyrrole nitrogens is 1. The minimum atomic E-state index is -0.603. The summed E-state index contributed by atoms with van der Waals surface area (Å²) in [5.41, 5.74) is 5.93. The van der Waals surface area contributed by atoms with Crippen LogP contribution in [-0.2, 0) is 6.54 Å². The number of hydrogen-bond donors (Lipinski definition) is 3. The molecule has 0 radical (unpaired) electrons. The molecule has 0 saturated carbocycles. The molecule has 27 heavy (non-hydrogen) atoms. The van der Waals surface area contributed by atoms with Crippen molar-refractivity contribution in [1.82, 2.24) is 14.9 Å². The number of fused-ring (bicyclic) bond motifs is 1. The zero-order valence-corrected chi connectivity index (χ0v) is 16.9. The zero-order chi connectivity index (χ0) is 19.9. The summed E-state index contributed by atoms with van der Waals surface area (Å²) in [6.45, 7) is 4.03. The molecule has 3 heterocycles. The Morgan fingerprint density at radius 2 is 2.00 bits per heavy atom. The van der Waals surface area contributed by atoms with Crippen LogP contribution >= 0.6 is 22.7 Å². The van der Waals surface area contributed by atoms with E-state index in [0.717, 1.165) is 16.2 Å². The van der Waals surface area contributed by atoms with Crippen LogP contribution in [0.3, 0.4) is 0 Å². The molecule has 0 atom stereocenters. The summed E-state index contributed by atoms with van der Waals surface area (Å²) in [4.78, 5) is 47.6. The molecule has 3 aromatic rings. The highest BCUT2D eigenvalue weighted by Crippen LogP contribution is 2.31. The van der Waals surface area contributed by atoms with E-state index < -0.39 is 11.8 Å². The van der Waals surface area contributed by atoms with Crippen molar-refractivity contribution < 1.29 is 9.59 Å². The fourth-order valence-corrected chi connectivity index (χ4v) is 4.74. The van der Waals surface area contributed by atoms with Crippen LogP contribution in [-0.4, -0.2) is 40.8 Å². The number of amides is 2. The molecule has 0 saturated heterocycles. The molecule has 0 aliphatic rings. The number of nitrogens with one attached hydrogen (secondary N) is 2. The van der Waals surface area contributed by atoms with E-state index in [0.29, 0.717) is 38.0 Å². The first-order chi connectivity index (χ1) is 12.7. The van der Waals surface area contributed by atoms with E-state index in [1.807, 2.05) is 25.9 Å². The number of nitrogens with zero attached hydrogens (tertiary/aromatic N) is 2. The predicted octanol–water partition coefficient (Wildman–Crippen LogP) is 2.08. The number of primary amides is 1. The van der Waals surface area contributed by atoms with Gasteiger partial charge < -0.3 is 20.9 Å². The van der Waals surface area contributed by atoms with Crippen molar-refractivity contribution in [2.45, 2.75) is 20.4 Å². The molecular weight excluding hydrogens is 386 g/mol. The van der Waals surface area contributed by atoms with Gasteiger partial charge in [0.05, 0.1) is 22.4 Å². The lowest BCUT2D eigenvalue weighted by atomic mass is 10.2. The summed E-state index contributed by atoms with van der Waals surface area (Å²) < 4.78 is 0. The summed E-state index contributed by atoms with van der Waals surface area (Å²) in [5, 5.41) is 3.55. The van der Waals surface area contributed by atoms with Crippen LogP contribution in [0.1, 0.15) is 36.3 Å². The highest BCUT2D eigenvalue weighted by Gasteiger charge is 2.22. The quantitative estimate of drug-likeness (QED) is 0.600. The van der Waals surface area contributed by atoms with Crippen molar-refractivity contribution in [2.75, 3.05) is 19.4 Å². The van der Waals surface area contributed by atoms with Gasteiger partial charge in [0.25, 0.3) is 17.4 Å². The van der Waals surface area contributed by atoms with E-state index in [-0.39, 0.29) is 11.1 Å². The average Bonchev–Trinajstić information content (AvgIpc) is 3.07. The molecule has 4 N–H and O–H groups in total. The minimum absolute atomic E-state index is 0.269. The summed E-state index contributed by atoms with van der Waals surface area (Å²) in [5.74, 6) is -0.460. The van der Waals surface area contributed by atoms with Crippen molar-refractivity contribution in [1.29, 1.82) is 0 Å². The van der Waals surface area contributed by atoms with Gasteiger partial charge in [-0.05, 0) is 39.6 Å². The van der Waals surface area contributed by atoms with Crippen LogP contribution in [0, 0.1) is 13.8 Å². The van der Waals surface area contributed by atoms with E-state index >= 15 is 0 Å². The third kappa shape index (κ3) is 3.77.